The Bertz CT molecular complexity index is 626. The van der Waals surface area contributed by atoms with Gasteiger partial charge in [-0.05, 0) is 40.0 Å². The lowest BCUT2D eigenvalue weighted by molar-refractivity contribution is -0.135. The third kappa shape index (κ3) is 5.21. The van der Waals surface area contributed by atoms with E-state index in [1.54, 1.807) is 6.26 Å². The van der Waals surface area contributed by atoms with Crippen molar-refractivity contribution in [2.24, 2.45) is 10.9 Å². The first kappa shape index (κ1) is 18.9. The molecule has 8 heteroatoms. The highest BCUT2D eigenvalue weighted by atomic mass is 32.2. The summed E-state index contributed by atoms with van der Waals surface area (Å²) in [4.78, 5) is 39.9. The first-order valence-corrected chi connectivity index (χ1v) is 8.22. The quantitative estimate of drug-likeness (QED) is 0.740. The third-order valence-electron chi connectivity index (χ3n) is 2.89. The van der Waals surface area contributed by atoms with Crippen LogP contribution in [0.3, 0.4) is 0 Å². The predicted octanol–water partition coefficient (Wildman–Crippen LogP) is 0.774. The molecule has 3 amide bonds. The van der Waals surface area contributed by atoms with E-state index >= 15 is 0 Å². The maximum atomic E-state index is 12.2. The average Bonchev–Trinajstić information content (AvgIpc) is 2.44. The molecule has 0 aliphatic carbocycles. The number of amides is 3. The molecule has 0 aromatic carbocycles. The van der Waals surface area contributed by atoms with Crippen LogP contribution in [-0.2, 0) is 14.4 Å². The fraction of sp³-hybridized carbons (Fsp3) is 0.533. The van der Waals surface area contributed by atoms with Gasteiger partial charge >= 0.3 is 0 Å². The molecule has 0 spiro atoms. The van der Waals surface area contributed by atoms with Crippen LogP contribution in [0.2, 0.25) is 0 Å². The minimum absolute atomic E-state index is 0.184. The first-order chi connectivity index (χ1) is 10.6. The van der Waals surface area contributed by atoms with E-state index in [1.165, 1.54) is 13.0 Å². The molecule has 2 N–H and O–H groups in total. The number of hydrogen-bond donors (Lipinski definition) is 2. The van der Waals surface area contributed by atoms with Crippen LogP contribution in [0, 0.1) is 17.2 Å². The lowest BCUT2D eigenvalue weighted by Crippen LogP contribution is -2.52. The second kappa shape index (κ2) is 7.42. The number of nitriles is 1. The molecule has 2 unspecified atom stereocenters. The highest BCUT2D eigenvalue weighted by Crippen LogP contribution is 2.20. The fourth-order valence-electron chi connectivity index (χ4n) is 1.81. The normalized spacial score (nSPS) is 19.1. The van der Waals surface area contributed by atoms with E-state index in [0.717, 1.165) is 11.8 Å². The van der Waals surface area contributed by atoms with E-state index in [4.69, 9.17) is 5.26 Å². The highest BCUT2D eigenvalue weighted by Gasteiger charge is 2.32. The predicted molar refractivity (Wildman–Crippen MR) is 88.6 cm³/mol. The monoisotopic (exact) mass is 336 g/mol. The van der Waals surface area contributed by atoms with Gasteiger partial charge in [-0.15, -0.1) is 11.8 Å². The Balaban J connectivity index is 2.81. The first-order valence-electron chi connectivity index (χ1n) is 7.00. The Labute approximate surface area is 139 Å². The summed E-state index contributed by atoms with van der Waals surface area (Å²) in [5.41, 5.74) is -0.244. The molecule has 1 heterocycles. The zero-order chi connectivity index (χ0) is 17.8. The number of nitrogens with one attached hydrogen (secondary N) is 2. The van der Waals surface area contributed by atoms with E-state index in [-0.39, 0.29) is 11.5 Å². The Morgan fingerprint density at radius 3 is 2.52 bits per heavy atom. The van der Waals surface area contributed by atoms with Gasteiger partial charge < -0.3 is 10.6 Å². The lowest BCUT2D eigenvalue weighted by Gasteiger charge is -2.24. The van der Waals surface area contributed by atoms with Gasteiger partial charge in [0.25, 0.3) is 5.91 Å². The molecule has 0 aromatic heterocycles. The van der Waals surface area contributed by atoms with Crippen LogP contribution in [0.4, 0.5) is 0 Å². The van der Waals surface area contributed by atoms with Crippen molar-refractivity contribution in [3.05, 3.63) is 11.6 Å². The molecule has 0 saturated heterocycles. The van der Waals surface area contributed by atoms with E-state index in [2.05, 4.69) is 15.6 Å². The Kier molecular flexibility index (Phi) is 6.10. The van der Waals surface area contributed by atoms with E-state index in [9.17, 15) is 14.4 Å². The summed E-state index contributed by atoms with van der Waals surface area (Å²) in [5, 5.41) is 14.6. The number of carbonyl (C=O) groups excluding carboxylic acids is 3. The number of thioether (sulfide) groups is 1. The van der Waals surface area contributed by atoms with Crippen LogP contribution in [0.1, 0.15) is 27.7 Å². The standard InChI is InChI=1S/C15H20N4O3S/c1-8(11(20)19-15(2,3)4)17-12(21)10-6-9(7-16)14(23-5)18-13(10)22/h6,8,10H,1-5H3,(H,17,21)(H,19,20). The molecular weight excluding hydrogens is 316 g/mol. The number of dihydropyridines is 1. The Morgan fingerprint density at radius 2 is 2.04 bits per heavy atom. The molecule has 2 atom stereocenters. The zero-order valence-electron chi connectivity index (χ0n) is 13.8. The summed E-state index contributed by atoms with van der Waals surface area (Å²) < 4.78 is 0. The molecule has 23 heavy (non-hydrogen) atoms. The fourth-order valence-corrected chi connectivity index (χ4v) is 2.33. The van der Waals surface area contributed by atoms with Gasteiger partial charge in [-0.2, -0.15) is 5.26 Å². The van der Waals surface area contributed by atoms with Crippen molar-refractivity contribution < 1.29 is 14.4 Å². The second-order valence-electron chi connectivity index (χ2n) is 6.10. The van der Waals surface area contributed by atoms with Gasteiger partial charge in [-0.25, -0.2) is 4.99 Å². The number of aliphatic imine (C=N–C) groups is 1. The van der Waals surface area contributed by atoms with Gasteiger partial charge in [-0.1, -0.05) is 0 Å². The topological polar surface area (TPSA) is 111 Å². The average molecular weight is 336 g/mol. The number of carbonyl (C=O) groups is 3. The lowest BCUT2D eigenvalue weighted by atomic mass is 10.0. The maximum Gasteiger partial charge on any atom is 0.263 e. The Hall–Kier alpha value is -2.14. The highest BCUT2D eigenvalue weighted by molar-refractivity contribution is 8.13. The molecule has 0 radical (unpaired) electrons. The summed E-state index contributed by atoms with van der Waals surface area (Å²) in [5.74, 6) is -2.84. The minimum Gasteiger partial charge on any atom is -0.350 e. The van der Waals surface area contributed by atoms with E-state index in [0.29, 0.717) is 5.04 Å². The van der Waals surface area contributed by atoms with E-state index in [1.807, 2.05) is 26.8 Å². The number of nitrogens with zero attached hydrogens (tertiary/aromatic N) is 2. The molecule has 1 rings (SSSR count). The summed E-state index contributed by atoms with van der Waals surface area (Å²) in [6.45, 7) is 7.00. The number of hydrogen-bond acceptors (Lipinski definition) is 5. The second-order valence-corrected chi connectivity index (χ2v) is 6.89. The van der Waals surface area contributed by atoms with Crippen molar-refractivity contribution in [1.82, 2.24) is 10.6 Å². The van der Waals surface area contributed by atoms with Crippen molar-refractivity contribution in [2.75, 3.05) is 6.26 Å². The van der Waals surface area contributed by atoms with Gasteiger partial charge in [-0.3, -0.25) is 14.4 Å². The van der Waals surface area contributed by atoms with Crippen molar-refractivity contribution in [2.45, 2.75) is 39.3 Å². The van der Waals surface area contributed by atoms with Crippen molar-refractivity contribution >= 4 is 34.5 Å². The third-order valence-corrected chi connectivity index (χ3v) is 3.59. The largest absolute Gasteiger partial charge is 0.350 e. The zero-order valence-corrected chi connectivity index (χ0v) is 14.6. The van der Waals surface area contributed by atoms with E-state index < -0.39 is 29.3 Å². The molecule has 0 saturated carbocycles. The van der Waals surface area contributed by atoms with Gasteiger partial charge in [0, 0.05) is 5.54 Å². The molecule has 124 valence electrons. The van der Waals surface area contributed by atoms with Crippen LogP contribution in [0.25, 0.3) is 0 Å². The van der Waals surface area contributed by atoms with Crippen molar-refractivity contribution in [3.63, 3.8) is 0 Å². The van der Waals surface area contributed by atoms with Gasteiger partial charge in [0.1, 0.15) is 23.1 Å². The van der Waals surface area contributed by atoms with Crippen LogP contribution >= 0.6 is 11.8 Å². The Morgan fingerprint density at radius 1 is 1.43 bits per heavy atom. The maximum absolute atomic E-state index is 12.2. The molecular formula is C15H20N4O3S. The van der Waals surface area contributed by atoms with Crippen LogP contribution in [-0.4, -0.2) is 40.6 Å². The van der Waals surface area contributed by atoms with Crippen LogP contribution in [0.5, 0.6) is 0 Å². The van der Waals surface area contributed by atoms with Crippen LogP contribution < -0.4 is 10.6 Å². The minimum atomic E-state index is -1.19. The summed E-state index contributed by atoms with van der Waals surface area (Å²) in [7, 11) is 0. The summed E-state index contributed by atoms with van der Waals surface area (Å²) >= 11 is 1.16. The van der Waals surface area contributed by atoms with Gasteiger partial charge in [0.05, 0.1) is 5.57 Å². The van der Waals surface area contributed by atoms with Crippen LogP contribution in [0.15, 0.2) is 16.6 Å². The molecule has 0 aromatic rings. The molecule has 1 aliphatic rings. The smallest absolute Gasteiger partial charge is 0.263 e. The summed E-state index contributed by atoms with van der Waals surface area (Å²) in [6, 6.07) is 1.11. The molecule has 7 nitrogen and oxygen atoms in total. The SMILES string of the molecule is CSC1=NC(=O)C(C(=O)NC(C)C(=O)NC(C)(C)C)C=C1C#N. The van der Waals surface area contributed by atoms with Gasteiger partial charge in [0.15, 0.2) is 0 Å². The molecule has 1 aliphatic heterocycles. The van der Waals surface area contributed by atoms with Crippen molar-refractivity contribution in [1.29, 1.82) is 5.26 Å². The van der Waals surface area contributed by atoms with Gasteiger partial charge in [0.2, 0.25) is 11.8 Å². The summed E-state index contributed by atoms with van der Waals surface area (Å²) in [6.07, 6.45) is 2.97. The molecule has 0 bridgehead atoms. The molecule has 0 fully saturated rings. The number of rotatable bonds is 3. The van der Waals surface area contributed by atoms with Crippen molar-refractivity contribution in [3.8, 4) is 6.07 Å².